The maximum absolute atomic E-state index is 10.7. The molecule has 0 spiro atoms. The van der Waals surface area contributed by atoms with Crippen LogP contribution in [0.15, 0.2) is 35.3 Å². The molecule has 0 fully saturated rings. The summed E-state index contributed by atoms with van der Waals surface area (Å²) in [6.45, 7) is 3.58. The van der Waals surface area contributed by atoms with Crippen LogP contribution in [-0.2, 0) is 0 Å². The van der Waals surface area contributed by atoms with E-state index in [9.17, 15) is 10.1 Å². The van der Waals surface area contributed by atoms with Gasteiger partial charge >= 0.3 is 0 Å². The van der Waals surface area contributed by atoms with Crippen LogP contribution in [0.2, 0.25) is 0 Å². The van der Waals surface area contributed by atoms with Crippen molar-refractivity contribution in [3.63, 3.8) is 0 Å². The van der Waals surface area contributed by atoms with Crippen LogP contribution in [0, 0.1) is 10.1 Å². The predicted molar refractivity (Wildman–Crippen MR) is 62.5 cm³/mol. The summed E-state index contributed by atoms with van der Waals surface area (Å²) in [6, 6.07) is 4.65. The molecular weight excluding hydrogens is 260 g/mol. The maximum atomic E-state index is 10.7. The van der Waals surface area contributed by atoms with Crippen LogP contribution < -0.4 is 5.73 Å². The third-order valence-electron chi connectivity index (χ3n) is 2.02. The molecule has 15 heavy (non-hydrogen) atoms. The minimum atomic E-state index is -0.436. The number of nitrogens with two attached hydrogens (primary N) is 1. The molecule has 0 radical (unpaired) electrons. The van der Waals surface area contributed by atoms with E-state index in [0.717, 1.165) is 5.56 Å². The van der Waals surface area contributed by atoms with Crippen molar-refractivity contribution in [3.8, 4) is 0 Å². The third kappa shape index (κ3) is 2.87. The Kier molecular flexibility index (Phi) is 3.99. The summed E-state index contributed by atoms with van der Waals surface area (Å²) in [5.41, 5.74) is 6.59. The fourth-order valence-corrected chi connectivity index (χ4v) is 1.61. The van der Waals surface area contributed by atoms with E-state index in [1.165, 1.54) is 6.07 Å². The number of nitrogens with zero attached hydrogens (tertiary/aromatic N) is 1. The van der Waals surface area contributed by atoms with Crippen LogP contribution in [0.5, 0.6) is 0 Å². The van der Waals surface area contributed by atoms with Gasteiger partial charge in [0.1, 0.15) is 0 Å². The van der Waals surface area contributed by atoms with Gasteiger partial charge < -0.3 is 5.73 Å². The number of nitro groups is 1. The van der Waals surface area contributed by atoms with Gasteiger partial charge in [-0.25, -0.2) is 0 Å². The van der Waals surface area contributed by atoms with Crippen molar-refractivity contribution in [2.75, 3.05) is 0 Å². The molecule has 0 aromatic heterocycles. The lowest BCUT2D eigenvalue weighted by Crippen LogP contribution is -2.09. The van der Waals surface area contributed by atoms with Crippen LogP contribution in [0.3, 0.4) is 0 Å². The lowest BCUT2D eigenvalue weighted by molar-refractivity contribution is -0.385. The van der Waals surface area contributed by atoms with Gasteiger partial charge in [0.25, 0.3) is 5.69 Å². The molecule has 80 valence electrons. The molecule has 0 unspecified atom stereocenters. The van der Waals surface area contributed by atoms with Crippen LogP contribution in [0.4, 0.5) is 5.69 Å². The van der Waals surface area contributed by atoms with Crippen molar-refractivity contribution in [2.45, 2.75) is 12.5 Å². The Morgan fingerprint density at radius 3 is 2.87 bits per heavy atom. The number of rotatable bonds is 4. The van der Waals surface area contributed by atoms with Gasteiger partial charge in [0.05, 0.1) is 9.40 Å². The Morgan fingerprint density at radius 2 is 2.33 bits per heavy atom. The smallest absolute Gasteiger partial charge is 0.283 e. The summed E-state index contributed by atoms with van der Waals surface area (Å²) in [5, 5.41) is 10.7. The third-order valence-corrected chi connectivity index (χ3v) is 2.69. The zero-order chi connectivity index (χ0) is 11.4. The highest BCUT2D eigenvalue weighted by Crippen LogP contribution is 2.28. The van der Waals surface area contributed by atoms with Crippen LogP contribution in [-0.4, -0.2) is 4.92 Å². The Hall–Kier alpha value is -1.20. The minimum absolute atomic E-state index is 0.0343. The normalized spacial score (nSPS) is 12.1. The Bertz CT molecular complexity index is 393. The van der Waals surface area contributed by atoms with Crippen LogP contribution in [0.1, 0.15) is 18.0 Å². The zero-order valence-corrected chi connectivity index (χ0v) is 9.61. The van der Waals surface area contributed by atoms with Gasteiger partial charge in [0.2, 0.25) is 0 Å². The fourth-order valence-electron chi connectivity index (χ4n) is 1.22. The monoisotopic (exact) mass is 270 g/mol. The fraction of sp³-hybridized carbons (Fsp3) is 0.200. The first kappa shape index (κ1) is 11.9. The molecule has 4 nitrogen and oxygen atoms in total. The Labute approximate surface area is 96.1 Å². The second-order valence-corrected chi connectivity index (χ2v) is 3.95. The molecule has 1 aromatic rings. The molecule has 0 aliphatic rings. The second kappa shape index (κ2) is 5.04. The molecule has 0 heterocycles. The molecule has 0 amide bonds. The van der Waals surface area contributed by atoms with E-state index < -0.39 is 4.92 Å². The van der Waals surface area contributed by atoms with Crippen LogP contribution in [0.25, 0.3) is 0 Å². The average Bonchev–Trinajstić information content (AvgIpc) is 2.18. The topological polar surface area (TPSA) is 69.2 Å². The summed E-state index contributed by atoms with van der Waals surface area (Å²) >= 11 is 3.12. The van der Waals surface area contributed by atoms with Crippen molar-refractivity contribution >= 4 is 21.6 Å². The summed E-state index contributed by atoms with van der Waals surface area (Å²) in [6.07, 6.45) is 2.29. The van der Waals surface area contributed by atoms with E-state index in [1.807, 2.05) is 0 Å². The highest BCUT2D eigenvalue weighted by molar-refractivity contribution is 9.10. The van der Waals surface area contributed by atoms with Crippen LogP contribution >= 0.6 is 15.9 Å². The van der Waals surface area contributed by atoms with Crippen molar-refractivity contribution in [1.29, 1.82) is 0 Å². The molecule has 1 rings (SSSR count). The molecular formula is C10H11BrN2O2. The van der Waals surface area contributed by atoms with Gasteiger partial charge in [0, 0.05) is 12.1 Å². The second-order valence-electron chi connectivity index (χ2n) is 3.10. The quantitative estimate of drug-likeness (QED) is 0.520. The van der Waals surface area contributed by atoms with Crippen molar-refractivity contribution in [1.82, 2.24) is 0 Å². The number of halogens is 1. The maximum Gasteiger partial charge on any atom is 0.283 e. The van der Waals surface area contributed by atoms with E-state index in [0.29, 0.717) is 10.9 Å². The number of nitro benzene ring substituents is 1. The summed E-state index contributed by atoms with van der Waals surface area (Å²) in [4.78, 5) is 10.2. The van der Waals surface area contributed by atoms with Crippen molar-refractivity contribution in [2.24, 2.45) is 5.73 Å². The summed E-state index contributed by atoms with van der Waals surface area (Å²) in [7, 11) is 0. The van der Waals surface area contributed by atoms with Gasteiger partial charge in [-0.2, -0.15) is 0 Å². The van der Waals surface area contributed by atoms with Gasteiger partial charge in [-0.05, 0) is 34.0 Å². The molecule has 1 atom stereocenters. The molecule has 0 aliphatic carbocycles. The number of hydrogen-bond acceptors (Lipinski definition) is 3. The average molecular weight is 271 g/mol. The van der Waals surface area contributed by atoms with Gasteiger partial charge in [-0.15, -0.1) is 6.58 Å². The predicted octanol–water partition coefficient (Wildman–Crippen LogP) is 2.93. The summed E-state index contributed by atoms with van der Waals surface area (Å²) < 4.78 is 0.460. The molecule has 0 saturated heterocycles. The lowest BCUT2D eigenvalue weighted by Gasteiger charge is -2.09. The standard InChI is InChI=1S/C10H11BrN2O2/c1-2-3-9(12)7-4-5-8(11)10(6-7)13(14)15/h2,4-6,9H,1,3,12H2/t9-/m1/s1. The number of hydrogen-bond donors (Lipinski definition) is 1. The number of benzene rings is 1. The first-order chi connectivity index (χ1) is 7.06. The molecule has 0 saturated carbocycles. The lowest BCUT2D eigenvalue weighted by atomic mass is 10.0. The molecule has 2 N–H and O–H groups in total. The zero-order valence-electron chi connectivity index (χ0n) is 8.02. The highest BCUT2D eigenvalue weighted by Gasteiger charge is 2.14. The SMILES string of the molecule is C=CC[C@@H](N)c1ccc(Br)c([N+](=O)[O-])c1. The molecule has 5 heteroatoms. The molecule has 0 bridgehead atoms. The van der Waals surface area contributed by atoms with E-state index in [2.05, 4.69) is 22.5 Å². The molecule has 1 aromatic carbocycles. The van der Waals surface area contributed by atoms with E-state index in [-0.39, 0.29) is 11.7 Å². The summed E-state index contributed by atoms with van der Waals surface area (Å²) in [5.74, 6) is 0. The van der Waals surface area contributed by atoms with Crippen molar-refractivity contribution in [3.05, 3.63) is 51.0 Å². The largest absolute Gasteiger partial charge is 0.324 e. The van der Waals surface area contributed by atoms with Gasteiger partial charge in [0.15, 0.2) is 0 Å². The first-order valence-corrected chi connectivity index (χ1v) is 5.16. The Balaban J connectivity index is 3.06. The first-order valence-electron chi connectivity index (χ1n) is 4.36. The molecule has 0 aliphatic heterocycles. The highest BCUT2D eigenvalue weighted by atomic mass is 79.9. The minimum Gasteiger partial charge on any atom is -0.324 e. The van der Waals surface area contributed by atoms with E-state index >= 15 is 0 Å². The van der Waals surface area contributed by atoms with Gasteiger partial charge in [-0.1, -0.05) is 12.1 Å². The van der Waals surface area contributed by atoms with Gasteiger partial charge in [-0.3, -0.25) is 10.1 Å². The van der Waals surface area contributed by atoms with E-state index in [4.69, 9.17) is 5.73 Å². The van der Waals surface area contributed by atoms with Crippen molar-refractivity contribution < 1.29 is 4.92 Å². The Morgan fingerprint density at radius 1 is 1.67 bits per heavy atom. The van der Waals surface area contributed by atoms with E-state index in [1.54, 1.807) is 18.2 Å².